The van der Waals surface area contributed by atoms with Crippen molar-refractivity contribution in [2.24, 2.45) is 0 Å². The minimum Gasteiger partial charge on any atom is -0.396 e. The normalized spacial score (nSPS) is 14.6. The van der Waals surface area contributed by atoms with Crippen molar-refractivity contribution in [1.29, 1.82) is 0 Å². The smallest absolute Gasteiger partial charge is 0.223 e. The first kappa shape index (κ1) is 13.4. The molecule has 0 radical (unpaired) electrons. The van der Waals surface area contributed by atoms with Gasteiger partial charge < -0.3 is 10.0 Å². The summed E-state index contributed by atoms with van der Waals surface area (Å²) < 4.78 is 0. The number of aliphatic hydroxyl groups excluding tert-OH is 1. The highest BCUT2D eigenvalue weighted by Crippen LogP contribution is 2.29. The minimum absolute atomic E-state index is 0.0746. The van der Waals surface area contributed by atoms with Crippen molar-refractivity contribution in [1.82, 2.24) is 4.90 Å². The zero-order chi connectivity index (χ0) is 13.0. The molecule has 1 aliphatic rings. The number of carbonyl (C=O) groups is 1. The van der Waals surface area contributed by atoms with Crippen LogP contribution in [0.1, 0.15) is 31.2 Å². The van der Waals surface area contributed by atoms with Crippen LogP contribution in [0.25, 0.3) is 0 Å². The molecular formula is C14H18ClNO2. The molecule has 98 valence electrons. The second-order valence-corrected chi connectivity index (χ2v) is 5.14. The van der Waals surface area contributed by atoms with E-state index in [9.17, 15) is 4.79 Å². The van der Waals surface area contributed by atoms with Gasteiger partial charge in [0.2, 0.25) is 5.91 Å². The van der Waals surface area contributed by atoms with E-state index in [-0.39, 0.29) is 12.5 Å². The van der Waals surface area contributed by atoms with Crippen LogP contribution in [0.2, 0.25) is 5.02 Å². The Morgan fingerprint density at radius 3 is 2.56 bits per heavy atom. The van der Waals surface area contributed by atoms with E-state index in [0.29, 0.717) is 30.5 Å². The second kappa shape index (κ2) is 6.21. The summed E-state index contributed by atoms with van der Waals surface area (Å²) in [7, 11) is 0. The monoisotopic (exact) mass is 267 g/mol. The van der Waals surface area contributed by atoms with E-state index in [1.54, 1.807) is 0 Å². The molecule has 1 aromatic carbocycles. The highest BCUT2D eigenvalue weighted by atomic mass is 35.5. The lowest BCUT2D eigenvalue weighted by atomic mass is 10.2. The maximum absolute atomic E-state index is 12.0. The number of aliphatic hydroxyl groups is 1. The van der Waals surface area contributed by atoms with Crippen LogP contribution in [0, 0.1) is 0 Å². The maximum atomic E-state index is 12.0. The zero-order valence-corrected chi connectivity index (χ0v) is 11.1. The average molecular weight is 268 g/mol. The van der Waals surface area contributed by atoms with Crippen LogP contribution >= 0.6 is 11.6 Å². The van der Waals surface area contributed by atoms with E-state index in [1.807, 2.05) is 29.2 Å². The third-order valence-corrected chi connectivity index (χ3v) is 3.37. The van der Waals surface area contributed by atoms with Gasteiger partial charge in [-0.25, -0.2) is 0 Å². The largest absolute Gasteiger partial charge is 0.396 e. The van der Waals surface area contributed by atoms with E-state index in [4.69, 9.17) is 16.7 Å². The molecule has 2 rings (SSSR count). The number of halogens is 1. The summed E-state index contributed by atoms with van der Waals surface area (Å²) in [5, 5.41) is 9.50. The Hall–Kier alpha value is -1.06. The lowest BCUT2D eigenvalue weighted by molar-refractivity contribution is -0.132. The van der Waals surface area contributed by atoms with Crippen molar-refractivity contribution in [3.63, 3.8) is 0 Å². The summed E-state index contributed by atoms with van der Waals surface area (Å²) in [5.41, 5.74) is 1.10. The number of amides is 1. The minimum atomic E-state index is 0.0746. The molecular weight excluding hydrogens is 250 g/mol. The van der Waals surface area contributed by atoms with Gasteiger partial charge >= 0.3 is 0 Å². The van der Waals surface area contributed by atoms with Crippen molar-refractivity contribution in [3.8, 4) is 0 Å². The zero-order valence-electron chi connectivity index (χ0n) is 10.3. The van der Waals surface area contributed by atoms with Gasteiger partial charge in [-0.3, -0.25) is 4.79 Å². The molecule has 1 fully saturated rings. The van der Waals surface area contributed by atoms with E-state index in [1.165, 1.54) is 0 Å². The molecule has 0 saturated heterocycles. The summed E-state index contributed by atoms with van der Waals surface area (Å²) in [6, 6.07) is 8.00. The molecule has 18 heavy (non-hydrogen) atoms. The Labute approximate surface area is 112 Å². The quantitative estimate of drug-likeness (QED) is 0.861. The Morgan fingerprint density at radius 2 is 2.00 bits per heavy atom. The van der Waals surface area contributed by atoms with Crippen LogP contribution in [0.5, 0.6) is 0 Å². The molecule has 0 heterocycles. The van der Waals surface area contributed by atoms with Gasteiger partial charge in [0.25, 0.3) is 0 Å². The molecule has 1 aliphatic carbocycles. The first-order chi connectivity index (χ1) is 8.70. The Kier molecular flexibility index (Phi) is 4.61. The molecule has 0 aromatic heterocycles. The van der Waals surface area contributed by atoms with Crippen molar-refractivity contribution < 1.29 is 9.90 Å². The van der Waals surface area contributed by atoms with Gasteiger partial charge in [-0.15, -0.1) is 0 Å². The van der Waals surface area contributed by atoms with Gasteiger partial charge in [-0.1, -0.05) is 23.7 Å². The molecule has 1 saturated carbocycles. The van der Waals surface area contributed by atoms with Crippen molar-refractivity contribution in [2.45, 2.75) is 38.3 Å². The van der Waals surface area contributed by atoms with Gasteiger partial charge in [-0.2, -0.15) is 0 Å². The van der Waals surface area contributed by atoms with Gasteiger partial charge in [-0.05, 0) is 37.0 Å². The van der Waals surface area contributed by atoms with Gasteiger partial charge in [0.15, 0.2) is 0 Å². The molecule has 0 atom stereocenters. The molecule has 4 heteroatoms. The number of hydrogen-bond donors (Lipinski definition) is 1. The lowest BCUT2D eigenvalue weighted by Gasteiger charge is -2.22. The standard InChI is InChI=1S/C14H18ClNO2/c15-12-5-3-11(4-6-12)10-16(13-7-8-13)14(18)2-1-9-17/h3-6,13,17H,1-2,7-10H2. The first-order valence-electron chi connectivity index (χ1n) is 6.35. The number of carbonyl (C=O) groups excluding carboxylic acids is 1. The van der Waals surface area contributed by atoms with Gasteiger partial charge in [0.1, 0.15) is 0 Å². The molecule has 0 unspecified atom stereocenters. The Morgan fingerprint density at radius 1 is 1.33 bits per heavy atom. The topological polar surface area (TPSA) is 40.5 Å². The molecule has 0 aliphatic heterocycles. The van der Waals surface area contributed by atoms with Crippen molar-refractivity contribution in [3.05, 3.63) is 34.9 Å². The second-order valence-electron chi connectivity index (χ2n) is 4.71. The van der Waals surface area contributed by atoms with Crippen LogP contribution in [-0.4, -0.2) is 28.6 Å². The number of rotatable bonds is 6. The summed E-state index contributed by atoms with van der Waals surface area (Å²) in [6.45, 7) is 0.720. The van der Waals surface area contributed by atoms with Crippen molar-refractivity contribution >= 4 is 17.5 Å². The van der Waals surface area contributed by atoms with E-state index < -0.39 is 0 Å². The molecule has 0 spiro atoms. The number of hydrogen-bond acceptors (Lipinski definition) is 2. The van der Waals surface area contributed by atoms with E-state index in [0.717, 1.165) is 18.4 Å². The predicted octanol–water partition coefficient (Wildman–Crippen LogP) is 2.60. The fraction of sp³-hybridized carbons (Fsp3) is 0.500. The fourth-order valence-electron chi connectivity index (χ4n) is 1.97. The molecule has 1 N–H and O–H groups in total. The van der Waals surface area contributed by atoms with Crippen LogP contribution < -0.4 is 0 Å². The summed E-state index contributed by atoms with van der Waals surface area (Å²) in [5.74, 6) is 0.140. The van der Waals surface area contributed by atoms with Gasteiger partial charge in [0.05, 0.1) is 0 Å². The summed E-state index contributed by atoms with van der Waals surface area (Å²) >= 11 is 5.85. The SMILES string of the molecule is O=C(CCCO)N(Cc1ccc(Cl)cc1)C1CC1. The lowest BCUT2D eigenvalue weighted by Crippen LogP contribution is -2.32. The first-order valence-corrected chi connectivity index (χ1v) is 6.73. The highest BCUT2D eigenvalue weighted by Gasteiger charge is 2.31. The third kappa shape index (κ3) is 3.72. The Bertz CT molecular complexity index is 401. The number of benzene rings is 1. The van der Waals surface area contributed by atoms with E-state index in [2.05, 4.69) is 0 Å². The van der Waals surface area contributed by atoms with Crippen LogP contribution in [0.15, 0.2) is 24.3 Å². The Balaban J connectivity index is 1.97. The predicted molar refractivity (Wildman–Crippen MR) is 71.3 cm³/mol. The maximum Gasteiger partial charge on any atom is 0.223 e. The van der Waals surface area contributed by atoms with Crippen LogP contribution in [0.4, 0.5) is 0 Å². The molecule has 0 bridgehead atoms. The van der Waals surface area contributed by atoms with Crippen LogP contribution in [0.3, 0.4) is 0 Å². The van der Waals surface area contributed by atoms with Crippen LogP contribution in [-0.2, 0) is 11.3 Å². The van der Waals surface area contributed by atoms with Crippen molar-refractivity contribution in [2.75, 3.05) is 6.61 Å². The van der Waals surface area contributed by atoms with E-state index >= 15 is 0 Å². The average Bonchev–Trinajstić information content (AvgIpc) is 3.19. The molecule has 3 nitrogen and oxygen atoms in total. The summed E-state index contributed by atoms with van der Waals surface area (Å²) in [6.07, 6.45) is 3.17. The highest BCUT2D eigenvalue weighted by molar-refractivity contribution is 6.30. The summed E-state index contributed by atoms with van der Waals surface area (Å²) in [4.78, 5) is 14.0. The number of nitrogens with zero attached hydrogens (tertiary/aromatic N) is 1. The fourth-order valence-corrected chi connectivity index (χ4v) is 2.09. The molecule has 1 amide bonds. The van der Waals surface area contributed by atoms with Gasteiger partial charge in [0, 0.05) is 30.6 Å². The molecule has 1 aromatic rings. The third-order valence-electron chi connectivity index (χ3n) is 3.12.